The molecule has 0 radical (unpaired) electrons. The van der Waals surface area contributed by atoms with Gasteiger partial charge in [0.25, 0.3) is 11.8 Å². The number of pyridine rings is 1. The molecule has 0 atom stereocenters. The third kappa shape index (κ3) is 5.00. The molecule has 2 amide bonds. The van der Waals surface area contributed by atoms with Crippen LogP contribution in [0.25, 0.3) is 22.2 Å². The molecule has 0 aliphatic heterocycles. The summed E-state index contributed by atoms with van der Waals surface area (Å²) in [7, 11) is 0. The van der Waals surface area contributed by atoms with E-state index in [-0.39, 0.29) is 11.8 Å². The maximum Gasteiger partial charge on any atom is 0.256 e. The van der Waals surface area contributed by atoms with Crippen LogP contribution < -0.4 is 10.6 Å². The molecule has 0 aliphatic carbocycles. The van der Waals surface area contributed by atoms with Crippen LogP contribution in [0, 0.1) is 13.8 Å². The highest BCUT2D eigenvalue weighted by molar-refractivity contribution is 6.13. The van der Waals surface area contributed by atoms with Gasteiger partial charge in [-0.15, -0.1) is 0 Å². The normalized spacial score (nSPS) is 10.7. The number of hydrogen-bond donors (Lipinski definition) is 2. The highest BCUT2D eigenvalue weighted by atomic mass is 16.2. The fraction of sp³-hybridized carbons (Fsp3) is 0.0645. The minimum atomic E-state index is -0.243. The van der Waals surface area contributed by atoms with Gasteiger partial charge in [-0.05, 0) is 62.4 Å². The van der Waals surface area contributed by atoms with Gasteiger partial charge in [0.2, 0.25) is 0 Å². The highest BCUT2D eigenvalue weighted by Gasteiger charge is 2.15. The quantitative estimate of drug-likeness (QED) is 0.289. The summed E-state index contributed by atoms with van der Waals surface area (Å²) in [5.74, 6) is -0.453. The van der Waals surface area contributed by atoms with Crippen LogP contribution in [0.5, 0.6) is 0 Å². The van der Waals surface area contributed by atoms with Gasteiger partial charge in [-0.1, -0.05) is 65.7 Å². The molecule has 0 saturated carbocycles. The van der Waals surface area contributed by atoms with Crippen molar-refractivity contribution in [3.8, 4) is 11.3 Å². The number of hydrogen-bond acceptors (Lipinski definition) is 3. The van der Waals surface area contributed by atoms with Gasteiger partial charge in [-0.3, -0.25) is 9.59 Å². The molecule has 0 spiro atoms. The van der Waals surface area contributed by atoms with Gasteiger partial charge in [0, 0.05) is 27.9 Å². The average molecular weight is 472 g/mol. The van der Waals surface area contributed by atoms with E-state index in [0.717, 1.165) is 33.3 Å². The van der Waals surface area contributed by atoms with Crippen molar-refractivity contribution in [2.45, 2.75) is 13.8 Å². The molecule has 176 valence electrons. The fourth-order valence-electron chi connectivity index (χ4n) is 4.07. The van der Waals surface area contributed by atoms with Gasteiger partial charge in [-0.2, -0.15) is 0 Å². The number of carbonyl (C=O) groups excluding carboxylic acids is 2. The molecule has 5 rings (SSSR count). The summed E-state index contributed by atoms with van der Waals surface area (Å²) in [5.41, 5.74) is 6.93. The molecule has 0 fully saturated rings. The second kappa shape index (κ2) is 9.84. The van der Waals surface area contributed by atoms with Crippen LogP contribution >= 0.6 is 0 Å². The third-order valence-electron chi connectivity index (χ3n) is 5.97. The Balaban J connectivity index is 1.45. The van der Waals surface area contributed by atoms with Crippen molar-refractivity contribution in [1.29, 1.82) is 0 Å². The Morgan fingerprint density at radius 3 is 2.03 bits per heavy atom. The largest absolute Gasteiger partial charge is 0.322 e. The van der Waals surface area contributed by atoms with E-state index in [2.05, 4.69) is 10.6 Å². The van der Waals surface area contributed by atoms with E-state index >= 15 is 0 Å². The lowest BCUT2D eigenvalue weighted by Crippen LogP contribution is -2.14. The predicted molar refractivity (Wildman–Crippen MR) is 145 cm³/mol. The van der Waals surface area contributed by atoms with E-state index in [1.165, 1.54) is 0 Å². The first kappa shape index (κ1) is 23.0. The zero-order chi connectivity index (χ0) is 25.1. The van der Waals surface area contributed by atoms with Crippen LogP contribution in [0.15, 0.2) is 103 Å². The molecular formula is C31H25N3O2. The van der Waals surface area contributed by atoms with Gasteiger partial charge in [-0.25, -0.2) is 4.98 Å². The van der Waals surface area contributed by atoms with Crippen LogP contribution in [-0.2, 0) is 0 Å². The summed E-state index contributed by atoms with van der Waals surface area (Å²) in [4.78, 5) is 30.9. The van der Waals surface area contributed by atoms with Crippen LogP contribution in [0.3, 0.4) is 0 Å². The van der Waals surface area contributed by atoms with E-state index in [0.29, 0.717) is 22.5 Å². The fourth-order valence-corrected chi connectivity index (χ4v) is 4.07. The molecule has 5 aromatic rings. The number of fused-ring (bicyclic) bond motifs is 1. The lowest BCUT2D eigenvalue weighted by atomic mass is 10.0. The SMILES string of the molecule is Cc1ccc(-c2cc(C(=O)Nc3cccc(NC(=O)c4ccccc4)c3)c3cc(C)ccc3n2)cc1. The molecule has 4 aromatic carbocycles. The number of anilines is 2. The molecule has 2 N–H and O–H groups in total. The summed E-state index contributed by atoms with van der Waals surface area (Å²) in [6.07, 6.45) is 0. The Bertz CT molecular complexity index is 1580. The smallest absolute Gasteiger partial charge is 0.256 e. The van der Waals surface area contributed by atoms with Gasteiger partial charge < -0.3 is 10.6 Å². The lowest BCUT2D eigenvalue weighted by Gasteiger charge is -2.12. The summed E-state index contributed by atoms with van der Waals surface area (Å²) in [6.45, 7) is 4.03. The molecule has 1 heterocycles. The molecule has 0 unspecified atom stereocenters. The van der Waals surface area contributed by atoms with E-state index in [9.17, 15) is 9.59 Å². The Morgan fingerprint density at radius 2 is 1.31 bits per heavy atom. The van der Waals surface area contributed by atoms with Crippen LogP contribution in [0.4, 0.5) is 11.4 Å². The van der Waals surface area contributed by atoms with Crippen LogP contribution in [0.1, 0.15) is 31.8 Å². The monoisotopic (exact) mass is 471 g/mol. The zero-order valence-corrected chi connectivity index (χ0v) is 20.1. The molecular weight excluding hydrogens is 446 g/mol. The zero-order valence-electron chi connectivity index (χ0n) is 20.1. The lowest BCUT2D eigenvalue weighted by molar-refractivity contribution is 0.102. The van der Waals surface area contributed by atoms with Gasteiger partial charge in [0.05, 0.1) is 16.8 Å². The molecule has 1 aromatic heterocycles. The summed E-state index contributed by atoms with van der Waals surface area (Å²) in [5, 5.41) is 6.67. The second-order valence-corrected chi connectivity index (χ2v) is 8.80. The molecule has 0 saturated heterocycles. The third-order valence-corrected chi connectivity index (χ3v) is 5.97. The average Bonchev–Trinajstić information content (AvgIpc) is 2.89. The first-order valence-corrected chi connectivity index (χ1v) is 11.7. The van der Waals surface area contributed by atoms with Crippen LogP contribution in [0.2, 0.25) is 0 Å². The Kier molecular flexibility index (Phi) is 6.29. The van der Waals surface area contributed by atoms with Crippen molar-refractivity contribution in [3.05, 3.63) is 125 Å². The van der Waals surface area contributed by atoms with Crippen molar-refractivity contribution in [1.82, 2.24) is 4.98 Å². The van der Waals surface area contributed by atoms with Crippen molar-refractivity contribution >= 4 is 34.1 Å². The Labute approximate surface area is 209 Å². The van der Waals surface area contributed by atoms with Crippen molar-refractivity contribution < 1.29 is 9.59 Å². The van der Waals surface area contributed by atoms with E-state index < -0.39 is 0 Å². The van der Waals surface area contributed by atoms with Gasteiger partial charge in [0.1, 0.15) is 0 Å². The molecule has 5 nitrogen and oxygen atoms in total. The maximum absolute atomic E-state index is 13.5. The van der Waals surface area contributed by atoms with E-state index in [1.807, 2.05) is 80.6 Å². The number of aromatic nitrogens is 1. The topological polar surface area (TPSA) is 71.1 Å². The van der Waals surface area contributed by atoms with Crippen molar-refractivity contribution in [2.75, 3.05) is 10.6 Å². The minimum absolute atomic E-state index is 0.211. The first-order valence-electron chi connectivity index (χ1n) is 11.7. The number of carbonyl (C=O) groups is 2. The van der Waals surface area contributed by atoms with E-state index in [1.54, 1.807) is 36.4 Å². The number of rotatable bonds is 5. The number of nitrogens with one attached hydrogen (secondary N) is 2. The number of aryl methyl sites for hydroxylation is 2. The second-order valence-electron chi connectivity index (χ2n) is 8.80. The summed E-state index contributed by atoms with van der Waals surface area (Å²) >= 11 is 0. The molecule has 36 heavy (non-hydrogen) atoms. The predicted octanol–water partition coefficient (Wildman–Crippen LogP) is 7.02. The first-order chi connectivity index (χ1) is 17.5. The number of nitrogens with zero attached hydrogens (tertiary/aromatic N) is 1. The Morgan fingerprint density at radius 1 is 0.639 bits per heavy atom. The molecule has 5 heteroatoms. The number of amides is 2. The standard InChI is InChI=1S/C31H25N3O2/c1-20-11-14-22(15-12-20)29-19-27(26-17-21(2)13-16-28(26)34-29)31(36)33-25-10-6-9-24(18-25)32-30(35)23-7-4-3-5-8-23/h3-19H,1-2H3,(H,32,35)(H,33,36). The van der Waals surface area contributed by atoms with Crippen molar-refractivity contribution in [3.63, 3.8) is 0 Å². The minimum Gasteiger partial charge on any atom is -0.322 e. The van der Waals surface area contributed by atoms with E-state index in [4.69, 9.17) is 4.98 Å². The van der Waals surface area contributed by atoms with Crippen LogP contribution in [-0.4, -0.2) is 16.8 Å². The van der Waals surface area contributed by atoms with Gasteiger partial charge in [0.15, 0.2) is 0 Å². The molecule has 0 aliphatic rings. The Hall–Kier alpha value is -4.77. The number of benzene rings is 4. The van der Waals surface area contributed by atoms with Gasteiger partial charge >= 0.3 is 0 Å². The maximum atomic E-state index is 13.5. The van der Waals surface area contributed by atoms with Crippen molar-refractivity contribution in [2.24, 2.45) is 0 Å². The summed E-state index contributed by atoms with van der Waals surface area (Å²) in [6, 6.07) is 32.0. The molecule has 0 bridgehead atoms. The highest BCUT2D eigenvalue weighted by Crippen LogP contribution is 2.27. The summed E-state index contributed by atoms with van der Waals surface area (Å²) < 4.78 is 0.